The van der Waals surface area contributed by atoms with E-state index in [1.54, 1.807) is 6.07 Å². The zero-order valence-corrected chi connectivity index (χ0v) is 18.1. The Morgan fingerprint density at radius 3 is 2.38 bits per heavy atom. The quantitative estimate of drug-likeness (QED) is 0.455. The average Bonchev–Trinajstić information content (AvgIpc) is 3.10. The van der Waals surface area contributed by atoms with Gasteiger partial charge in [0.1, 0.15) is 22.0 Å². The van der Waals surface area contributed by atoms with E-state index in [4.69, 9.17) is 4.42 Å². The van der Waals surface area contributed by atoms with Crippen LogP contribution in [0.5, 0.6) is 0 Å². The Bertz CT molecular complexity index is 1080. The minimum atomic E-state index is -3.61. The van der Waals surface area contributed by atoms with Crippen molar-refractivity contribution >= 4 is 32.5 Å². The minimum absolute atomic E-state index is 0.145. The zero-order valence-electron chi connectivity index (χ0n) is 17.2. The number of nitrogens with one attached hydrogen (secondary N) is 1. The van der Waals surface area contributed by atoms with Crippen LogP contribution in [-0.4, -0.2) is 35.5 Å². The molecule has 7 nitrogen and oxygen atoms in total. The Morgan fingerprint density at radius 1 is 1.10 bits per heavy atom. The van der Waals surface area contributed by atoms with Crippen LogP contribution in [0.3, 0.4) is 0 Å². The third kappa shape index (κ3) is 4.49. The Balaban J connectivity index is 1.77. The van der Waals surface area contributed by atoms with Crippen molar-refractivity contribution < 1.29 is 12.8 Å². The number of aromatic nitrogens is 1. The fourth-order valence-corrected chi connectivity index (χ4v) is 5.01. The molecule has 2 aromatic heterocycles. The number of hydrogen-bond acceptors (Lipinski definition) is 6. The van der Waals surface area contributed by atoms with E-state index >= 15 is 0 Å². The summed E-state index contributed by atoms with van der Waals surface area (Å²) in [6.45, 7) is 9.26. The Hall–Kier alpha value is -2.71. The van der Waals surface area contributed by atoms with Crippen molar-refractivity contribution in [3.63, 3.8) is 0 Å². The van der Waals surface area contributed by atoms with Gasteiger partial charge in [-0.3, -0.25) is 5.43 Å². The summed E-state index contributed by atoms with van der Waals surface area (Å²) in [6.07, 6.45) is 1.35. The number of anilines is 1. The number of hydrazone groups is 1. The summed E-state index contributed by atoms with van der Waals surface area (Å²) in [5.41, 5.74) is 4.30. The van der Waals surface area contributed by atoms with Crippen LogP contribution >= 0.6 is 0 Å². The first kappa shape index (κ1) is 21.0. The number of pyridine rings is 1. The summed E-state index contributed by atoms with van der Waals surface area (Å²) >= 11 is 0. The predicted molar refractivity (Wildman–Crippen MR) is 116 cm³/mol. The first-order valence-electron chi connectivity index (χ1n) is 9.49. The van der Waals surface area contributed by atoms with Crippen molar-refractivity contribution in [3.05, 3.63) is 54.4 Å². The summed E-state index contributed by atoms with van der Waals surface area (Å²) in [4.78, 5) is 4.36. The van der Waals surface area contributed by atoms with Crippen LogP contribution in [0, 0.1) is 0 Å². The van der Waals surface area contributed by atoms with Crippen LogP contribution < -0.4 is 5.43 Å². The topological polar surface area (TPSA) is 87.8 Å². The molecular weight excluding hydrogens is 388 g/mol. The first-order chi connectivity index (χ1) is 13.7. The minimum Gasteiger partial charge on any atom is -0.455 e. The van der Waals surface area contributed by atoms with Gasteiger partial charge >= 0.3 is 0 Å². The standard InChI is InChI=1S/C21H26N4O3S/c1-14(2)25(15(3)4)29(26,27)18-10-11-21(22-13-18)24-23-16(5)20-12-17-8-6-7-9-19(17)28-20/h6-15H,1-5H3,(H,22,24)/b23-16-. The maximum absolute atomic E-state index is 12.9. The van der Waals surface area contributed by atoms with Crippen molar-refractivity contribution in [1.82, 2.24) is 9.29 Å². The number of furan rings is 1. The second-order valence-electron chi connectivity index (χ2n) is 7.36. The van der Waals surface area contributed by atoms with Crippen molar-refractivity contribution in [2.45, 2.75) is 51.6 Å². The van der Waals surface area contributed by atoms with Gasteiger partial charge in [-0.05, 0) is 58.9 Å². The fraction of sp³-hybridized carbons (Fsp3) is 0.333. The fourth-order valence-electron chi connectivity index (χ4n) is 3.23. The number of fused-ring (bicyclic) bond motifs is 1. The van der Waals surface area contributed by atoms with Gasteiger partial charge in [0.15, 0.2) is 5.76 Å². The maximum atomic E-state index is 12.9. The number of para-hydroxylation sites is 1. The van der Waals surface area contributed by atoms with Gasteiger partial charge in [0.2, 0.25) is 10.0 Å². The lowest BCUT2D eigenvalue weighted by molar-refractivity contribution is 0.302. The third-order valence-corrected chi connectivity index (χ3v) is 6.69. The van der Waals surface area contributed by atoms with Gasteiger partial charge in [0.25, 0.3) is 0 Å². The van der Waals surface area contributed by atoms with Crippen LogP contribution in [-0.2, 0) is 10.0 Å². The lowest BCUT2D eigenvalue weighted by Gasteiger charge is -2.29. The molecule has 0 unspecified atom stereocenters. The van der Waals surface area contributed by atoms with E-state index in [0.717, 1.165) is 11.0 Å². The van der Waals surface area contributed by atoms with Crippen molar-refractivity contribution in [2.24, 2.45) is 5.10 Å². The van der Waals surface area contributed by atoms with E-state index in [9.17, 15) is 8.42 Å². The molecule has 0 saturated heterocycles. The summed E-state index contributed by atoms with van der Waals surface area (Å²) < 4.78 is 33.0. The number of hydrogen-bond donors (Lipinski definition) is 1. The van der Waals surface area contributed by atoms with Gasteiger partial charge in [0.05, 0.1) is 0 Å². The Kier molecular flexibility index (Phi) is 6.04. The summed E-state index contributed by atoms with van der Waals surface area (Å²) in [6, 6.07) is 12.5. The van der Waals surface area contributed by atoms with Crippen LogP contribution in [0.15, 0.2) is 63.1 Å². The number of nitrogens with zero attached hydrogens (tertiary/aromatic N) is 3. The lowest BCUT2D eigenvalue weighted by Crippen LogP contribution is -2.41. The molecular formula is C21H26N4O3S. The third-order valence-electron chi connectivity index (χ3n) is 4.45. The van der Waals surface area contributed by atoms with E-state index in [1.165, 1.54) is 16.6 Å². The SMILES string of the molecule is C/C(=N/Nc1ccc(S(=O)(=O)N(C(C)C)C(C)C)cn1)c1cc2ccccc2o1. The zero-order chi connectivity index (χ0) is 21.2. The molecule has 0 saturated carbocycles. The van der Waals surface area contributed by atoms with Gasteiger partial charge in [-0.25, -0.2) is 13.4 Å². The Labute approximate surface area is 171 Å². The molecule has 3 rings (SSSR count). The van der Waals surface area contributed by atoms with Crippen molar-refractivity contribution in [2.75, 3.05) is 5.43 Å². The van der Waals surface area contributed by atoms with Gasteiger partial charge in [-0.15, -0.1) is 0 Å². The largest absolute Gasteiger partial charge is 0.455 e. The molecule has 1 aromatic carbocycles. The molecule has 29 heavy (non-hydrogen) atoms. The molecule has 3 aromatic rings. The molecule has 0 aliphatic heterocycles. The molecule has 0 spiro atoms. The Morgan fingerprint density at radius 2 is 1.79 bits per heavy atom. The predicted octanol–water partition coefficient (Wildman–Crippen LogP) is 4.47. The smallest absolute Gasteiger partial charge is 0.245 e. The highest BCUT2D eigenvalue weighted by molar-refractivity contribution is 7.89. The van der Waals surface area contributed by atoms with Gasteiger partial charge in [0, 0.05) is 23.7 Å². The van der Waals surface area contributed by atoms with Crippen LogP contribution in [0.1, 0.15) is 40.4 Å². The second-order valence-corrected chi connectivity index (χ2v) is 9.20. The highest BCUT2D eigenvalue weighted by Gasteiger charge is 2.29. The summed E-state index contributed by atoms with van der Waals surface area (Å²) in [5, 5.41) is 5.30. The molecule has 0 bridgehead atoms. The van der Waals surface area contributed by atoms with Crippen molar-refractivity contribution in [1.29, 1.82) is 0 Å². The van der Waals surface area contributed by atoms with E-state index in [-0.39, 0.29) is 17.0 Å². The molecule has 1 N–H and O–H groups in total. The second kappa shape index (κ2) is 8.34. The van der Waals surface area contributed by atoms with E-state index < -0.39 is 10.0 Å². The molecule has 0 fully saturated rings. The average molecular weight is 415 g/mol. The molecule has 0 amide bonds. The van der Waals surface area contributed by atoms with E-state index in [1.807, 2.05) is 65.0 Å². The molecule has 8 heteroatoms. The van der Waals surface area contributed by atoms with Crippen LogP contribution in [0.4, 0.5) is 5.82 Å². The normalized spacial score (nSPS) is 13.0. The van der Waals surface area contributed by atoms with Gasteiger partial charge < -0.3 is 4.42 Å². The van der Waals surface area contributed by atoms with Crippen LogP contribution in [0.25, 0.3) is 11.0 Å². The lowest BCUT2D eigenvalue weighted by atomic mass is 10.2. The number of benzene rings is 1. The van der Waals surface area contributed by atoms with Crippen LogP contribution in [0.2, 0.25) is 0 Å². The maximum Gasteiger partial charge on any atom is 0.245 e. The monoisotopic (exact) mass is 414 g/mol. The number of sulfonamides is 1. The molecule has 0 atom stereocenters. The van der Waals surface area contributed by atoms with E-state index in [2.05, 4.69) is 15.5 Å². The number of rotatable bonds is 7. The van der Waals surface area contributed by atoms with Gasteiger partial charge in [-0.1, -0.05) is 18.2 Å². The van der Waals surface area contributed by atoms with Crippen molar-refractivity contribution in [3.8, 4) is 0 Å². The molecule has 154 valence electrons. The molecule has 0 aliphatic carbocycles. The molecule has 2 heterocycles. The molecule has 0 aliphatic rings. The highest BCUT2D eigenvalue weighted by Crippen LogP contribution is 2.22. The van der Waals surface area contributed by atoms with E-state index in [0.29, 0.717) is 17.3 Å². The first-order valence-corrected chi connectivity index (χ1v) is 10.9. The van der Waals surface area contributed by atoms with Gasteiger partial charge in [-0.2, -0.15) is 9.41 Å². The highest BCUT2D eigenvalue weighted by atomic mass is 32.2. The summed E-state index contributed by atoms with van der Waals surface area (Å²) in [7, 11) is -3.61. The molecule has 0 radical (unpaired) electrons. The summed E-state index contributed by atoms with van der Waals surface area (Å²) in [5.74, 6) is 1.10.